The molecule has 0 aromatic heterocycles. The van der Waals surface area contributed by atoms with Crippen molar-refractivity contribution in [2.24, 2.45) is 0 Å². The minimum Gasteiger partial charge on any atom is -0.478 e. The number of nitrogens with zero attached hydrogens (tertiary/aromatic N) is 1. The van der Waals surface area contributed by atoms with Crippen molar-refractivity contribution in [3.63, 3.8) is 0 Å². The summed E-state index contributed by atoms with van der Waals surface area (Å²) in [7, 11) is 1.49. The summed E-state index contributed by atoms with van der Waals surface area (Å²) in [5.74, 6) is -1.27. The third kappa shape index (κ3) is 1.96. The quantitative estimate of drug-likeness (QED) is 0.388. The number of nitro benzene ring substituents is 1. The van der Waals surface area contributed by atoms with Crippen LogP contribution >= 0.6 is 0 Å². The molecule has 4 N–H and O–H groups in total. The van der Waals surface area contributed by atoms with Crippen molar-refractivity contribution in [2.45, 2.75) is 0 Å². The lowest BCUT2D eigenvalue weighted by molar-refractivity contribution is -0.384. The predicted molar refractivity (Wildman–Crippen MR) is 54.0 cm³/mol. The Labute approximate surface area is 84.7 Å². The zero-order chi connectivity index (χ0) is 11.6. The molecule has 15 heavy (non-hydrogen) atoms. The van der Waals surface area contributed by atoms with E-state index in [4.69, 9.17) is 10.8 Å². The van der Waals surface area contributed by atoms with Gasteiger partial charge in [0, 0.05) is 19.2 Å². The highest BCUT2D eigenvalue weighted by Crippen LogP contribution is 2.28. The van der Waals surface area contributed by atoms with E-state index in [0.717, 1.165) is 12.1 Å². The molecule has 0 aliphatic carbocycles. The maximum Gasteiger partial charge on any atom is 0.338 e. The molecule has 7 nitrogen and oxygen atoms in total. The predicted octanol–water partition coefficient (Wildman–Crippen LogP) is 0.917. The molecule has 80 valence electrons. The molecule has 1 rings (SSSR count). The number of carbonyl (C=O) groups is 1. The molecule has 0 spiro atoms. The molecular weight excluding hydrogens is 202 g/mol. The van der Waals surface area contributed by atoms with Gasteiger partial charge in [-0.15, -0.1) is 0 Å². The van der Waals surface area contributed by atoms with Gasteiger partial charge in [-0.25, -0.2) is 4.79 Å². The number of nitrogens with one attached hydrogen (secondary N) is 1. The fourth-order valence-corrected chi connectivity index (χ4v) is 1.20. The van der Waals surface area contributed by atoms with Crippen LogP contribution in [0.15, 0.2) is 12.1 Å². The summed E-state index contributed by atoms with van der Waals surface area (Å²) in [5, 5.41) is 21.9. The van der Waals surface area contributed by atoms with Crippen LogP contribution in [0.3, 0.4) is 0 Å². The van der Waals surface area contributed by atoms with E-state index in [-0.39, 0.29) is 22.6 Å². The van der Waals surface area contributed by atoms with E-state index in [9.17, 15) is 14.9 Å². The molecule has 0 amide bonds. The van der Waals surface area contributed by atoms with Crippen LogP contribution in [0.4, 0.5) is 17.1 Å². The van der Waals surface area contributed by atoms with Crippen LogP contribution in [0.1, 0.15) is 10.4 Å². The average molecular weight is 211 g/mol. The molecule has 7 heteroatoms. The number of non-ortho nitro benzene ring substituents is 1. The highest BCUT2D eigenvalue weighted by atomic mass is 16.6. The summed E-state index contributed by atoms with van der Waals surface area (Å²) in [6.07, 6.45) is 0. The number of nitrogens with two attached hydrogens (primary N) is 1. The zero-order valence-electron chi connectivity index (χ0n) is 7.85. The van der Waals surface area contributed by atoms with Crippen LogP contribution in [0.25, 0.3) is 0 Å². The summed E-state index contributed by atoms with van der Waals surface area (Å²) in [6.45, 7) is 0. The van der Waals surface area contributed by atoms with Gasteiger partial charge in [0.05, 0.1) is 21.9 Å². The molecule has 0 fully saturated rings. The van der Waals surface area contributed by atoms with Crippen molar-refractivity contribution >= 4 is 23.0 Å². The summed E-state index contributed by atoms with van der Waals surface area (Å²) >= 11 is 0. The molecule has 1 aromatic carbocycles. The van der Waals surface area contributed by atoms with Gasteiger partial charge < -0.3 is 16.2 Å². The van der Waals surface area contributed by atoms with Gasteiger partial charge >= 0.3 is 5.97 Å². The Hall–Kier alpha value is -2.31. The number of anilines is 2. The third-order valence-electron chi connectivity index (χ3n) is 1.84. The lowest BCUT2D eigenvalue weighted by Gasteiger charge is -2.08. The maximum absolute atomic E-state index is 10.8. The van der Waals surface area contributed by atoms with Crippen molar-refractivity contribution in [1.82, 2.24) is 0 Å². The fraction of sp³-hybridized carbons (Fsp3) is 0.125. The Bertz CT molecular complexity index is 430. The second kappa shape index (κ2) is 3.82. The van der Waals surface area contributed by atoms with Gasteiger partial charge in [0.15, 0.2) is 0 Å². The van der Waals surface area contributed by atoms with Crippen LogP contribution in [0.5, 0.6) is 0 Å². The number of benzene rings is 1. The number of hydrogen-bond acceptors (Lipinski definition) is 5. The lowest BCUT2D eigenvalue weighted by atomic mass is 10.1. The van der Waals surface area contributed by atoms with Crippen LogP contribution < -0.4 is 11.1 Å². The van der Waals surface area contributed by atoms with Gasteiger partial charge in [0.2, 0.25) is 0 Å². The number of rotatable bonds is 3. The van der Waals surface area contributed by atoms with Crippen molar-refractivity contribution in [1.29, 1.82) is 0 Å². The number of hydrogen-bond donors (Lipinski definition) is 3. The monoisotopic (exact) mass is 211 g/mol. The van der Waals surface area contributed by atoms with Gasteiger partial charge in [-0.05, 0) is 0 Å². The van der Waals surface area contributed by atoms with E-state index in [1.807, 2.05) is 0 Å². The van der Waals surface area contributed by atoms with Crippen LogP contribution in [-0.4, -0.2) is 23.0 Å². The third-order valence-corrected chi connectivity index (χ3v) is 1.84. The Kier molecular flexibility index (Phi) is 2.75. The summed E-state index contributed by atoms with van der Waals surface area (Å²) < 4.78 is 0. The lowest BCUT2D eigenvalue weighted by Crippen LogP contribution is -2.07. The van der Waals surface area contributed by atoms with Crippen molar-refractivity contribution in [3.8, 4) is 0 Å². The molecule has 0 radical (unpaired) electrons. The molecule has 0 saturated carbocycles. The maximum atomic E-state index is 10.8. The number of nitrogen functional groups attached to an aromatic ring is 1. The molecular formula is C8H9N3O4. The van der Waals surface area contributed by atoms with Gasteiger partial charge in [0.25, 0.3) is 5.69 Å². The number of nitro groups is 1. The fourth-order valence-electron chi connectivity index (χ4n) is 1.20. The largest absolute Gasteiger partial charge is 0.478 e. The van der Waals surface area contributed by atoms with E-state index in [1.54, 1.807) is 0 Å². The molecule has 0 heterocycles. The Morgan fingerprint density at radius 2 is 2.20 bits per heavy atom. The van der Waals surface area contributed by atoms with Crippen LogP contribution in [0, 0.1) is 10.1 Å². The van der Waals surface area contributed by atoms with Gasteiger partial charge in [-0.1, -0.05) is 0 Å². The summed E-state index contributed by atoms with van der Waals surface area (Å²) in [6, 6.07) is 2.07. The number of aromatic carboxylic acids is 1. The van der Waals surface area contributed by atoms with Crippen molar-refractivity contribution in [2.75, 3.05) is 18.1 Å². The van der Waals surface area contributed by atoms with E-state index in [2.05, 4.69) is 5.32 Å². The second-order valence-corrected chi connectivity index (χ2v) is 2.77. The molecule has 0 aliphatic rings. The first-order chi connectivity index (χ1) is 6.97. The van der Waals surface area contributed by atoms with Crippen LogP contribution in [0.2, 0.25) is 0 Å². The Morgan fingerprint density at radius 1 is 1.60 bits per heavy atom. The molecule has 0 saturated heterocycles. The average Bonchev–Trinajstić information content (AvgIpc) is 2.16. The van der Waals surface area contributed by atoms with Gasteiger partial charge in [-0.3, -0.25) is 10.1 Å². The van der Waals surface area contributed by atoms with Crippen LogP contribution in [-0.2, 0) is 0 Å². The molecule has 0 atom stereocenters. The molecule has 0 unspecified atom stereocenters. The SMILES string of the molecule is CNc1c(N)cc([N+](=O)[O-])cc1C(=O)O. The first-order valence-corrected chi connectivity index (χ1v) is 3.96. The normalized spacial score (nSPS) is 9.67. The van der Waals surface area contributed by atoms with E-state index in [0.29, 0.717) is 0 Å². The topological polar surface area (TPSA) is 118 Å². The molecule has 0 bridgehead atoms. The molecule has 0 aliphatic heterocycles. The Balaban J connectivity index is 3.45. The summed E-state index contributed by atoms with van der Waals surface area (Å²) in [5.41, 5.74) is 5.12. The minimum atomic E-state index is -1.27. The summed E-state index contributed by atoms with van der Waals surface area (Å²) in [4.78, 5) is 20.6. The standard InChI is InChI=1S/C8H9N3O4/c1-10-7-5(8(12)13)2-4(11(14)15)3-6(7)9/h2-3,10H,9H2,1H3,(H,12,13). The first kappa shape index (κ1) is 10.8. The first-order valence-electron chi connectivity index (χ1n) is 3.96. The highest BCUT2D eigenvalue weighted by molar-refractivity contribution is 5.98. The van der Waals surface area contributed by atoms with E-state index < -0.39 is 10.9 Å². The van der Waals surface area contributed by atoms with Gasteiger partial charge in [-0.2, -0.15) is 0 Å². The zero-order valence-corrected chi connectivity index (χ0v) is 7.85. The smallest absolute Gasteiger partial charge is 0.338 e. The second-order valence-electron chi connectivity index (χ2n) is 2.77. The Morgan fingerprint density at radius 3 is 2.60 bits per heavy atom. The van der Waals surface area contributed by atoms with Crippen molar-refractivity contribution < 1.29 is 14.8 Å². The van der Waals surface area contributed by atoms with Crippen molar-refractivity contribution in [3.05, 3.63) is 27.8 Å². The van der Waals surface area contributed by atoms with Gasteiger partial charge in [0.1, 0.15) is 0 Å². The molecule has 1 aromatic rings. The van der Waals surface area contributed by atoms with E-state index >= 15 is 0 Å². The highest BCUT2D eigenvalue weighted by Gasteiger charge is 2.18. The van der Waals surface area contributed by atoms with E-state index in [1.165, 1.54) is 7.05 Å². The minimum absolute atomic E-state index is 0.0316. The number of carboxylic acid groups (broad SMARTS) is 1. The number of carboxylic acids is 1.